The monoisotopic (exact) mass is 407 g/mol. The lowest BCUT2D eigenvalue weighted by Gasteiger charge is -2.13. The number of hydrogen-bond acceptors (Lipinski definition) is 5. The second-order valence-corrected chi connectivity index (χ2v) is 7.23. The minimum atomic E-state index is -0.365. The number of benzene rings is 2. The summed E-state index contributed by atoms with van der Waals surface area (Å²) >= 11 is 0. The Bertz CT molecular complexity index is 1460. The molecule has 5 rings (SSSR count). The van der Waals surface area contributed by atoms with Gasteiger partial charge in [0, 0.05) is 23.3 Å². The zero-order valence-corrected chi connectivity index (χ0v) is 16.5. The molecule has 0 saturated heterocycles. The summed E-state index contributed by atoms with van der Waals surface area (Å²) < 4.78 is 0. The van der Waals surface area contributed by atoms with Crippen LogP contribution in [0.1, 0.15) is 34.7 Å². The largest absolute Gasteiger partial charge is 0.343 e. The maximum Gasteiger partial charge on any atom is 0.289 e. The van der Waals surface area contributed by atoms with Crippen LogP contribution in [0.4, 0.5) is 0 Å². The molecule has 0 bridgehead atoms. The zero-order valence-electron chi connectivity index (χ0n) is 16.5. The quantitative estimate of drug-likeness (QED) is 0.417. The van der Waals surface area contributed by atoms with Crippen molar-refractivity contribution in [3.63, 3.8) is 0 Å². The molecule has 5 aromatic rings. The molecule has 1 amide bonds. The number of carbonyl (C=O) groups excluding carboxylic acids is 1. The first-order valence-electron chi connectivity index (χ1n) is 9.71. The van der Waals surface area contributed by atoms with E-state index < -0.39 is 0 Å². The molecule has 1 unspecified atom stereocenters. The van der Waals surface area contributed by atoms with Gasteiger partial charge in [0.15, 0.2) is 0 Å². The second kappa shape index (κ2) is 7.39. The number of rotatable bonds is 4. The van der Waals surface area contributed by atoms with E-state index in [0.29, 0.717) is 16.6 Å². The average Bonchev–Trinajstić information content (AvgIpc) is 3.41. The molecular formula is C23H17N7O. The lowest BCUT2D eigenvalue weighted by molar-refractivity contribution is 0.0930. The smallest absolute Gasteiger partial charge is 0.289 e. The molecule has 0 aliphatic heterocycles. The molecule has 0 aliphatic carbocycles. The van der Waals surface area contributed by atoms with E-state index in [4.69, 9.17) is 5.26 Å². The SMILES string of the molecule is CC(NC(=O)c1nc2cc3[nH][nH]c(-c4ccncc4)c3cc2n1)c1cccc(C#N)c1. The van der Waals surface area contributed by atoms with Crippen LogP contribution in [0, 0.1) is 11.3 Å². The first-order chi connectivity index (χ1) is 15.1. The molecule has 1 atom stereocenters. The third kappa shape index (κ3) is 3.38. The summed E-state index contributed by atoms with van der Waals surface area (Å²) in [6, 6.07) is 16.6. The summed E-state index contributed by atoms with van der Waals surface area (Å²) in [5.41, 5.74) is 5.44. The van der Waals surface area contributed by atoms with E-state index in [1.807, 2.05) is 37.3 Å². The molecule has 0 fully saturated rings. The summed E-state index contributed by atoms with van der Waals surface area (Å²) in [4.78, 5) is 25.7. The molecule has 0 spiro atoms. The standard InChI is InChI=1S/C23H17N7O/c1-13(16-4-2-3-14(9-16)12-24)26-23(31)22-27-19-10-17-18(11-20(19)28-22)29-30-21(17)15-5-7-25-8-6-15/h2-11,13,29-30H,1H3,(H,26,31). The Morgan fingerprint density at radius 1 is 1.06 bits per heavy atom. The molecule has 31 heavy (non-hydrogen) atoms. The lowest BCUT2D eigenvalue weighted by atomic mass is 10.1. The molecule has 2 aromatic carbocycles. The number of H-pyrrole nitrogens is 2. The van der Waals surface area contributed by atoms with Gasteiger partial charge < -0.3 is 10.4 Å². The van der Waals surface area contributed by atoms with Crippen LogP contribution in [-0.4, -0.2) is 31.1 Å². The van der Waals surface area contributed by atoms with E-state index in [-0.39, 0.29) is 17.8 Å². The molecular weight excluding hydrogens is 390 g/mol. The minimum Gasteiger partial charge on any atom is -0.343 e. The number of aromatic nitrogens is 5. The van der Waals surface area contributed by atoms with Crippen molar-refractivity contribution in [2.45, 2.75) is 13.0 Å². The van der Waals surface area contributed by atoms with Crippen LogP contribution in [0.2, 0.25) is 0 Å². The molecule has 3 N–H and O–H groups in total. The Kier molecular flexibility index (Phi) is 4.41. The van der Waals surface area contributed by atoms with Gasteiger partial charge in [0.05, 0.1) is 39.9 Å². The number of pyridine rings is 1. The highest BCUT2D eigenvalue weighted by atomic mass is 16.2. The maximum absolute atomic E-state index is 12.8. The molecule has 3 heterocycles. The fourth-order valence-electron chi connectivity index (χ4n) is 3.59. The Hall–Kier alpha value is -4.51. The van der Waals surface area contributed by atoms with Crippen molar-refractivity contribution in [2.75, 3.05) is 0 Å². The lowest BCUT2D eigenvalue weighted by Crippen LogP contribution is -2.27. The molecule has 0 aliphatic rings. The number of hydrogen-bond donors (Lipinski definition) is 3. The molecule has 8 nitrogen and oxygen atoms in total. The summed E-state index contributed by atoms with van der Waals surface area (Å²) in [5.74, 6) is -0.254. The number of amides is 1. The van der Waals surface area contributed by atoms with Crippen molar-refractivity contribution in [1.82, 2.24) is 30.5 Å². The first kappa shape index (κ1) is 18.5. The Labute approximate surface area is 177 Å². The molecule has 0 radical (unpaired) electrons. The van der Waals surface area contributed by atoms with Crippen LogP contribution >= 0.6 is 0 Å². The van der Waals surface area contributed by atoms with E-state index in [2.05, 4.69) is 36.5 Å². The summed E-state index contributed by atoms with van der Waals surface area (Å²) in [5, 5.41) is 19.2. The number of nitrogens with one attached hydrogen (secondary N) is 3. The zero-order chi connectivity index (χ0) is 21.4. The average molecular weight is 407 g/mol. The molecule has 8 heteroatoms. The Balaban J connectivity index is 1.45. The topological polar surface area (TPSA) is 123 Å². The van der Waals surface area contributed by atoms with Crippen molar-refractivity contribution < 1.29 is 4.79 Å². The highest BCUT2D eigenvalue weighted by Gasteiger charge is 2.18. The fraction of sp³-hybridized carbons (Fsp3) is 0.0870. The van der Waals surface area contributed by atoms with Gasteiger partial charge in [-0.3, -0.25) is 14.9 Å². The molecule has 3 aromatic heterocycles. The minimum absolute atomic E-state index is 0.111. The van der Waals surface area contributed by atoms with Gasteiger partial charge in [-0.1, -0.05) is 12.1 Å². The Morgan fingerprint density at radius 3 is 2.61 bits per heavy atom. The number of nitriles is 1. The van der Waals surface area contributed by atoms with Crippen LogP contribution in [0.5, 0.6) is 0 Å². The van der Waals surface area contributed by atoms with Gasteiger partial charge in [-0.05, 0) is 48.9 Å². The third-order valence-corrected chi connectivity index (χ3v) is 5.19. The highest BCUT2D eigenvalue weighted by molar-refractivity contribution is 6.02. The fourth-order valence-corrected chi connectivity index (χ4v) is 3.59. The van der Waals surface area contributed by atoms with Gasteiger partial charge in [0.2, 0.25) is 5.82 Å². The van der Waals surface area contributed by atoms with Gasteiger partial charge in [-0.2, -0.15) is 5.26 Å². The maximum atomic E-state index is 12.8. The molecule has 150 valence electrons. The van der Waals surface area contributed by atoms with Gasteiger partial charge >= 0.3 is 0 Å². The van der Waals surface area contributed by atoms with Crippen LogP contribution in [0.15, 0.2) is 60.9 Å². The number of carbonyl (C=O) groups is 1. The number of nitrogens with zero attached hydrogens (tertiary/aromatic N) is 4. The number of imidazole rings is 1. The Morgan fingerprint density at radius 2 is 1.84 bits per heavy atom. The van der Waals surface area contributed by atoms with Crippen LogP contribution < -0.4 is 5.32 Å². The summed E-state index contributed by atoms with van der Waals surface area (Å²) in [6.07, 6.45) is 3.47. The van der Waals surface area contributed by atoms with Crippen molar-refractivity contribution in [3.8, 4) is 17.3 Å². The number of fused-ring (bicyclic) bond motifs is 2. The van der Waals surface area contributed by atoms with Crippen LogP contribution in [0.3, 0.4) is 0 Å². The van der Waals surface area contributed by atoms with Gasteiger partial charge in [0.25, 0.3) is 5.91 Å². The third-order valence-electron chi connectivity index (χ3n) is 5.19. The van der Waals surface area contributed by atoms with Gasteiger partial charge in [0.1, 0.15) is 0 Å². The summed E-state index contributed by atoms with van der Waals surface area (Å²) in [6.45, 7) is 1.86. The second-order valence-electron chi connectivity index (χ2n) is 7.23. The predicted molar refractivity (Wildman–Crippen MR) is 116 cm³/mol. The van der Waals surface area contributed by atoms with Gasteiger partial charge in [-0.25, -0.2) is 9.97 Å². The van der Waals surface area contributed by atoms with Gasteiger partial charge in [-0.15, -0.1) is 0 Å². The van der Waals surface area contributed by atoms with E-state index in [0.717, 1.165) is 27.7 Å². The highest BCUT2D eigenvalue weighted by Crippen LogP contribution is 2.29. The van der Waals surface area contributed by atoms with Crippen LogP contribution in [0.25, 0.3) is 33.2 Å². The van der Waals surface area contributed by atoms with Crippen molar-refractivity contribution in [3.05, 3.63) is 77.9 Å². The van der Waals surface area contributed by atoms with E-state index in [1.54, 1.807) is 30.6 Å². The normalized spacial score (nSPS) is 12.0. The molecule has 0 saturated carbocycles. The summed E-state index contributed by atoms with van der Waals surface area (Å²) in [7, 11) is 0. The van der Waals surface area contributed by atoms with Crippen molar-refractivity contribution in [2.24, 2.45) is 0 Å². The van der Waals surface area contributed by atoms with Crippen molar-refractivity contribution in [1.29, 1.82) is 5.26 Å². The first-order valence-corrected chi connectivity index (χ1v) is 9.71. The van der Waals surface area contributed by atoms with E-state index in [1.165, 1.54) is 0 Å². The van der Waals surface area contributed by atoms with Crippen LogP contribution in [-0.2, 0) is 0 Å². The van der Waals surface area contributed by atoms with Crippen molar-refractivity contribution >= 4 is 27.8 Å². The van der Waals surface area contributed by atoms with E-state index in [9.17, 15) is 4.79 Å². The number of aromatic amines is 2. The van der Waals surface area contributed by atoms with E-state index >= 15 is 0 Å². The predicted octanol–water partition coefficient (Wildman–Crippen LogP) is 3.86.